The Morgan fingerprint density at radius 1 is 1.00 bits per heavy atom. The third-order valence-electron chi connectivity index (χ3n) is 1.52. The lowest BCUT2D eigenvalue weighted by atomic mass is 10.4. The maximum atomic E-state index is 5.59. The van der Waals surface area contributed by atoms with Crippen LogP contribution in [0.15, 0.2) is 12.7 Å². The molecule has 0 bridgehead atoms. The van der Waals surface area contributed by atoms with Gasteiger partial charge in [-0.25, -0.2) is 0 Å². The van der Waals surface area contributed by atoms with Gasteiger partial charge >= 0.3 is 0 Å². The van der Waals surface area contributed by atoms with Gasteiger partial charge in [0, 0.05) is 6.42 Å². The lowest BCUT2D eigenvalue weighted by molar-refractivity contribution is -0.369. The highest BCUT2D eigenvalue weighted by Gasteiger charge is 2.28. The molecule has 1 saturated heterocycles. The van der Waals surface area contributed by atoms with Gasteiger partial charge in [0.2, 0.25) is 0 Å². The van der Waals surface area contributed by atoms with E-state index in [0.29, 0.717) is 6.42 Å². The van der Waals surface area contributed by atoms with Crippen LogP contribution >= 0.6 is 23.2 Å². The first kappa shape index (κ1) is 11.3. The van der Waals surface area contributed by atoms with Crippen LogP contribution in [0.4, 0.5) is 0 Å². The predicted octanol–water partition coefficient (Wildman–Crippen LogP) is 2.08. The Kier molecular flexibility index (Phi) is 5.06. The number of hydrogen-bond donors (Lipinski definition) is 0. The van der Waals surface area contributed by atoms with E-state index < -0.39 is 12.6 Å². The van der Waals surface area contributed by atoms with Crippen molar-refractivity contribution in [3.05, 3.63) is 12.7 Å². The van der Waals surface area contributed by atoms with Gasteiger partial charge in [-0.3, -0.25) is 0 Å². The summed E-state index contributed by atoms with van der Waals surface area (Å²) in [6.07, 6.45) is 1.09. The van der Waals surface area contributed by atoms with Gasteiger partial charge in [0.05, 0.1) is 11.8 Å². The third-order valence-corrected chi connectivity index (χ3v) is 2.03. The van der Waals surface area contributed by atoms with E-state index >= 15 is 0 Å². The molecule has 3 nitrogen and oxygen atoms in total. The molecule has 1 rings (SSSR count). The largest absolute Gasteiger partial charge is 0.322 e. The molecule has 0 aromatic rings. The molecule has 2 unspecified atom stereocenters. The Morgan fingerprint density at radius 2 is 1.46 bits per heavy atom. The van der Waals surface area contributed by atoms with Gasteiger partial charge in [0.25, 0.3) is 0 Å². The van der Waals surface area contributed by atoms with Crippen LogP contribution in [0.3, 0.4) is 0 Å². The first-order chi connectivity index (χ1) is 6.30. The van der Waals surface area contributed by atoms with Crippen LogP contribution in [0.1, 0.15) is 6.42 Å². The molecule has 0 aromatic carbocycles. The molecule has 76 valence electrons. The molecule has 1 fully saturated rings. The number of alkyl halides is 2. The quantitative estimate of drug-likeness (QED) is 0.543. The molecule has 1 aliphatic rings. The Labute approximate surface area is 87.5 Å². The molecule has 0 N–H and O–H groups in total. The molecule has 13 heavy (non-hydrogen) atoms. The van der Waals surface area contributed by atoms with E-state index in [9.17, 15) is 0 Å². The maximum absolute atomic E-state index is 5.59. The van der Waals surface area contributed by atoms with E-state index in [2.05, 4.69) is 6.58 Å². The fourth-order valence-electron chi connectivity index (χ4n) is 0.997. The summed E-state index contributed by atoms with van der Waals surface area (Å²) in [4.78, 5) is 0. The molecule has 0 radical (unpaired) electrons. The lowest BCUT2D eigenvalue weighted by Crippen LogP contribution is -2.42. The fraction of sp³-hybridized carbons (Fsp3) is 0.750. The number of ether oxygens (including phenoxy) is 3. The van der Waals surface area contributed by atoms with Crippen molar-refractivity contribution in [3.8, 4) is 0 Å². The SMILES string of the molecule is C=CCC1OC(CCl)OC(CCl)O1. The van der Waals surface area contributed by atoms with Gasteiger partial charge in [-0.1, -0.05) is 6.08 Å². The van der Waals surface area contributed by atoms with Gasteiger partial charge < -0.3 is 14.2 Å². The van der Waals surface area contributed by atoms with Crippen LogP contribution in [-0.2, 0) is 14.2 Å². The number of halogens is 2. The van der Waals surface area contributed by atoms with E-state index in [1.54, 1.807) is 6.08 Å². The van der Waals surface area contributed by atoms with Gasteiger partial charge in [0.15, 0.2) is 18.9 Å². The minimum absolute atomic E-state index is 0.268. The van der Waals surface area contributed by atoms with E-state index in [0.717, 1.165) is 0 Å². The standard InChI is InChI=1S/C8H12Cl2O3/c1-2-3-6-11-7(4-9)13-8(5-10)12-6/h2,6-8H,1,3-5H2. The molecule has 0 aromatic heterocycles. The van der Waals surface area contributed by atoms with Crippen molar-refractivity contribution in [2.45, 2.75) is 25.3 Å². The second-order valence-electron chi connectivity index (χ2n) is 2.53. The highest BCUT2D eigenvalue weighted by atomic mass is 35.5. The summed E-state index contributed by atoms with van der Waals surface area (Å²) >= 11 is 11.2. The molecule has 5 heteroatoms. The second-order valence-corrected chi connectivity index (χ2v) is 3.15. The molecule has 0 saturated carbocycles. The van der Waals surface area contributed by atoms with Crippen molar-refractivity contribution in [1.82, 2.24) is 0 Å². The smallest absolute Gasteiger partial charge is 0.177 e. The van der Waals surface area contributed by atoms with Crippen molar-refractivity contribution in [1.29, 1.82) is 0 Å². The average molecular weight is 227 g/mol. The van der Waals surface area contributed by atoms with Gasteiger partial charge in [-0.2, -0.15) is 0 Å². The maximum Gasteiger partial charge on any atom is 0.177 e. The van der Waals surface area contributed by atoms with Gasteiger partial charge in [0.1, 0.15) is 0 Å². The minimum Gasteiger partial charge on any atom is -0.322 e. The lowest BCUT2D eigenvalue weighted by Gasteiger charge is -2.33. The van der Waals surface area contributed by atoms with E-state index in [1.165, 1.54) is 0 Å². The molecule has 0 aliphatic carbocycles. The molecular weight excluding hydrogens is 215 g/mol. The molecule has 0 amide bonds. The van der Waals surface area contributed by atoms with Crippen LogP contribution in [0.5, 0.6) is 0 Å². The molecule has 1 aliphatic heterocycles. The van der Waals surface area contributed by atoms with E-state index in [4.69, 9.17) is 37.4 Å². The highest BCUT2D eigenvalue weighted by Crippen LogP contribution is 2.19. The van der Waals surface area contributed by atoms with Crippen LogP contribution < -0.4 is 0 Å². The summed E-state index contributed by atoms with van der Waals surface area (Å²) in [7, 11) is 0. The molecule has 2 atom stereocenters. The summed E-state index contributed by atoms with van der Waals surface area (Å²) in [5.74, 6) is 0.536. The highest BCUT2D eigenvalue weighted by molar-refractivity contribution is 6.18. The zero-order valence-corrected chi connectivity index (χ0v) is 8.63. The van der Waals surface area contributed by atoms with Crippen LogP contribution in [-0.4, -0.2) is 30.6 Å². The summed E-state index contributed by atoms with van der Waals surface area (Å²) < 4.78 is 15.8. The topological polar surface area (TPSA) is 27.7 Å². The van der Waals surface area contributed by atoms with Crippen molar-refractivity contribution in [3.63, 3.8) is 0 Å². The summed E-state index contributed by atoms with van der Waals surface area (Å²) in [6, 6.07) is 0. The Balaban J connectivity index is 2.43. The first-order valence-electron chi connectivity index (χ1n) is 3.99. The predicted molar refractivity (Wildman–Crippen MR) is 50.9 cm³/mol. The van der Waals surface area contributed by atoms with Crippen molar-refractivity contribution < 1.29 is 14.2 Å². The van der Waals surface area contributed by atoms with Crippen LogP contribution in [0.2, 0.25) is 0 Å². The Hall–Kier alpha value is 0.200. The zero-order chi connectivity index (χ0) is 9.68. The summed E-state index contributed by atoms with van der Waals surface area (Å²) in [5.41, 5.74) is 0. The van der Waals surface area contributed by atoms with E-state index in [1.807, 2.05) is 0 Å². The van der Waals surface area contributed by atoms with Crippen LogP contribution in [0, 0.1) is 0 Å². The number of hydrogen-bond acceptors (Lipinski definition) is 3. The molecule has 1 heterocycles. The fourth-order valence-corrected chi connectivity index (χ4v) is 1.29. The minimum atomic E-state index is -0.441. The molecule has 0 spiro atoms. The monoisotopic (exact) mass is 226 g/mol. The molecular formula is C8H12Cl2O3. The summed E-state index contributed by atoms with van der Waals surface area (Å²) in [6.45, 7) is 3.59. The van der Waals surface area contributed by atoms with Crippen molar-refractivity contribution in [2.24, 2.45) is 0 Å². The third kappa shape index (κ3) is 3.44. The Morgan fingerprint density at radius 3 is 1.85 bits per heavy atom. The van der Waals surface area contributed by atoms with Crippen molar-refractivity contribution >= 4 is 23.2 Å². The number of rotatable bonds is 4. The first-order valence-corrected chi connectivity index (χ1v) is 5.06. The van der Waals surface area contributed by atoms with Crippen molar-refractivity contribution in [2.75, 3.05) is 11.8 Å². The second kappa shape index (κ2) is 5.83. The normalized spacial score (nSPS) is 34.5. The van der Waals surface area contributed by atoms with Crippen LogP contribution in [0.25, 0.3) is 0 Å². The van der Waals surface area contributed by atoms with Gasteiger partial charge in [-0.05, 0) is 0 Å². The van der Waals surface area contributed by atoms with Gasteiger partial charge in [-0.15, -0.1) is 29.8 Å². The average Bonchev–Trinajstić information content (AvgIpc) is 2.17. The zero-order valence-electron chi connectivity index (χ0n) is 7.12. The Bertz CT molecular complexity index is 153. The summed E-state index contributed by atoms with van der Waals surface area (Å²) in [5, 5.41) is 0. The van der Waals surface area contributed by atoms with E-state index in [-0.39, 0.29) is 18.1 Å².